The highest BCUT2D eigenvalue weighted by Gasteiger charge is 2.18. The van der Waals surface area contributed by atoms with Gasteiger partial charge >= 0.3 is 5.97 Å². The third kappa shape index (κ3) is 6.06. The number of esters is 1. The van der Waals surface area contributed by atoms with Crippen LogP contribution in [0.4, 0.5) is 5.69 Å². The van der Waals surface area contributed by atoms with Crippen LogP contribution in [-0.4, -0.2) is 24.5 Å². The highest BCUT2D eigenvalue weighted by atomic mass is 16.5. The normalized spacial score (nSPS) is 11.3. The number of amides is 1. The summed E-state index contributed by atoms with van der Waals surface area (Å²) in [6.07, 6.45) is 0.778. The van der Waals surface area contributed by atoms with Crippen LogP contribution in [-0.2, 0) is 14.3 Å². The average molecular weight is 289 g/mol. The van der Waals surface area contributed by atoms with Crippen LogP contribution >= 0.6 is 0 Å². The summed E-state index contributed by atoms with van der Waals surface area (Å²) in [6, 6.07) is 10.8. The van der Waals surface area contributed by atoms with Gasteiger partial charge in [0, 0.05) is 20.3 Å². The molecule has 1 amide bonds. The highest BCUT2D eigenvalue weighted by molar-refractivity contribution is 5.90. The van der Waals surface area contributed by atoms with Crippen LogP contribution in [0.5, 0.6) is 0 Å². The molecule has 1 unspecified atom stereocenters. The summed E-state index contributed by atoms with van der Waals surface area (Å²) in [5.41, 5.74) is 3.71. The minimum absolute atomic E-state index is 0.105. The van der Waals surface area contributed by atoms with Crippen LogP contribution in [0.25, 0.3) is 0 Å². The minimum atomic E-state index is -0.396. The van der Waals surface area contributed by atoms with Gasteiger partial charge in [-0.1, -0.05) is 18.2 Å². The maximum Gasteiger partial charge on any atom is 0.302 e. The average Bonchev–Trinajstić information content (AvgIpc) is 2.46. The lowest BCUT2D eigenvalue weighted by molar-refractivity contribution is -0.141. The number of para-hydroxylation sites is 1. The van der Waals surface area contributed by atoms with E-state index in [9.17, 15) is 9.59 Å². The SMILES string of the molecule is CC(=O)OCC(CCC#N)NN(C(C)=O)c1ccccc1. The third-order valence-electron chi connectivity index (χ3n) is 2.73. The number of hydrazine groups is 1. The zero-order valence-electron chi connectivity index (χ0n) is 12.2. The van der Waals surface area contributed by atoms with E-state index in [4.69, 9.17) is 10.00 Å². The fraction of sp³-hybridized carbons (Fsp3) is 0.400. The predicted molar refractivity (Wildman–Crippen MR) is 78.0 cm³/mol. The molecule has 1 atom stereocenters. The van der Waals surface area contributed by atoms with Gasteiger partial charge in [-0.3, -0.25) is 9.59 Å². The Kier molecular flexibility index (Phi) is 6.92. The molecule has 0 heterocycles. The van der Waals surface area contributed by atoms with Gasteiger partial charge in [-0.05, 0) is 18.6 Å². The molecule has 21 heavy (non-hydrogen) atoms. The molecule has 1 rings (SSSR count). The molecule has 0 saturated carbocycles. The number of nitriles is 1. The molecule has 1 aromatic carbocycles. The van der Waals surface area contributed by atoms with Crippen molar-refractivity contribution in [2.75, 3.05) is 11.6 Å². The Labute approximate surface area is 124 Å². The van der Waals surface area contributed by atoms with Crippen molar-refractivity contribution in [1.82, 2.24) is 5.43 Å². The van der Waals surface area contributed by atoms with Crippen molar-refractivity contribution in [1.29, 1.82) is 5.26 Å². The molecule has 1 aromatic rings. The van der Waals surface area contributed by atoms with Gasteiger partial charge < -0.3 is 4.74 Å². The second-order valence-electron chi connectivity index (χ2n) is 4.52. The molecular formula is C15H19N3O3. The molecule has 6 heteroatoms. The smallest absolute Gasteiger partial charge is 0.302 e. The van der Waals surface area contributed by atoms with Crippen molar-refractivity contribution in [3.8, 4) is 6.07 Å². The van der Waals surface area contributed by atoms with Gasteiger partial charge in [-0.25, -0.2) is 10.4 Å². The van der Waals surface area contributed by atoms with Crippen LogP contribution < -0.4 is 10.4 Å². The van der Waals surface area contributed by atoms with Crippen molar-refractivity contribution in [2.45, 2.75) is 32.7 Å². The molecule has 0 fully saturated rings. The first-order valence-electron chi connectivity index (χ1n) is 6.66. The van der Waals surface area contributed by atoms with E-state index in [-0.39, 0.29) is 18.6 Å². The number of nitrogens with zero attached hydrogens (tertiary/aromatic N) is 2. The first kappa shape index (κ1) is 16.7. The summed E-state index contributed by atoms with van der Waals surface area (Å²) in [5, 5.41) is 10.1. The second-order valence-corrected chi connectivity index (χ2v) is 4.52. The number of ether oxygens (including phenoxy) is 1. The van der Waals surface area contributed by atoms with E-state index in [2.05, 4.69) is 5.43 Å². The highest BCUT2D eigenvalue weighted by Crippen LogP contribution is 2.12. The van der Waals surface area contributed by atoms with E-state index < -0.39 is 5.97 Å². The molecule has 0 radical (unpaired) electrons. The zero-order valence-corrected chi connectivity index (χ0v) is 12.2. The Hall–Kier alpha value is -2.39. The number of anilines is 1. The molecule has 0 spiro atoms. The van der Waals surface area contributed by atoms with E-state index in [1.54, 1.807) is 12.1 Å². The molecule has 0 aliphatic carbocycles. The van der Waals surface area contributed by atoms with Crippen LogP contribution in [0.3, 0.4) is 0 Å². The molecule has 0 saturated heterocycles. The lowest BCUT2D eigenvalue weighted by atomic mass is 10.2. The standard InChI is InChI=1S/C15H19N3O3/c1-12(19)18(15-8-4-3-5-9-15)17-14(7-6-10-16)11-21-13(2)20/h3-5,8-9,14,17H,6-7,11H2,1-2H3. The number of nitrogens with one attached hydrogen (secondary N) is 1. The monoisotopic (exact) mass is 289 g/mol. The molecular weight excluding hydrogens is 270 g/mol. The van der Waals surface area contributed by atoms with Crippen molar-refractivity contribution in [3.63, 3.8) is 0 Å². The summed E-state index contributed by atoms with van der Waals surface area (Å²) >= 11 is 0. The summed E-state index contributed by atoms with van der Waals surface area (Å²) < 4.78 is 4.97. The van der Waals surface area contributed by atoms with Gasteiger partial charge in [0.1, 0.15) is 6.61 Å². The first-order chi connectivity index (χ1) is 10.0. The number of hydrogen-bond acceptors (Lipinski definition) is 5. The number of carbonyl (C=O) groups excluding carboxylic acids is 2. The van der Waals surface area contributed by atoms with E-state index in [1.807, 2.05) is 24.3 Å². The third-order valence-corrected chi connectivity index (χ3v) is 2.73. The molecule has 0 aliphatic rings. The number of hydrogen-bond donors (Lipinski definition) is 1. The molecule has 6 nitrogen and oxygen atoms in total. The maximum atomic E-state index is 11.8. The van der Waals surface area contributed by atoms with Crippen molar-refractivity contribution < 1.29 is 14.3 Å². The predicted octanol–water partition coefficient (Wildman–Crippen LogP) is 1.78. The van der Waals surface area contributed by atoms with Gasteiger partial charge in [-0.2, -0.15) is 5.26 Å². The molecule has 112 valence electrons. The largest absolute Gasteiger partial charge is 0.464 e. The van der Waals surface area contributed by atoms with Crippen molar-refractivity contribution in [3.05, 3.63) is 30.3 Å². The number of benzene rings is 1. The van der Waals surface area contributed by atoms with Crippen LogP contribution in [0.1, 0.15) is 26.7 Å². The molecule has 0 bridgehead atoms. The fourth-order valence-electron chi connectivity index (χ4n) is 1.75. The lowest BCUT2D eigenvalue weighted by Gasteiger charge is -2.27. The quantitative estimate of drug-likeness (QED) is 0.611. The molecule has 0 aromatic heterocycles. The van der Waals surface area contributed by atoms with Gasteiger partial charge in [0.25, 0.3) is 0 Å². The summed E-state index contributed by atoms with van der Waals surface area (Å²) in [6.45, 7) is 2.86. The molecule has 1 N–H and O–H groups in total. The fourth-order valence-corrected chi connectivity index (χ4v) is 1.75. The number of rotatable bonds is 7. The van der Waals surface area contributed by atoms with Gasteiger partial charge in [-0.15, -0.1) is 0 Å². The summed E-state index contributed by atoms with van der Waals surface area (Å²) in [7, 11) is 0. The summed E-state index contributed by atoms with van der Waals surface area (Å²) in [5.74, 6) is -0.584. The Morgan fingerprint density at radius 2 is 2.00 bits per heavy atom. The Morgan fingerprint density at radius 1 is 1.33 bits per heavy atom. The number of carbonyl (C=O) groups is 2. The van der Waals surface area contributed by atoms with Crippen LogP contribution in [0.15, 0.2) is 30.3 Å². The Morgan fingerprint density at radius 3 is 2.52 bits per heavy atom. The zero-order chi connectivity index (χ0) is 15.7. The maximum absolute atomic E-state index is 11.8. The van der Waals surface area contributed by atoms with E-state index >= 15 is 0 Å². The first-order valence-corrected chi connectivity index (χ1v) is 6.66. The van der Waals surface area contributed by atoms with Gasteiger partial charge in [0.15, 0.2) is 0 Å². The van der Waals surface area contributed by atoms with E-state index in [0.717, 1.165) is 0 Å². The lowest BCUT2D eigenvalue weighted by Crippen LogP contribution is -2.49. The van der Waals surface area contributed by atoms with E-state index in [1.165, 1.54) is 18.9 Å². The minimum Gasteiger partial charge on any atom is -0.464 e. The van der Waals surface area contributed by atoms with Crippen LogP contribution in [0.2, 0.25) is 0 Å². The second kappa shape index (κ2) is 8.72. The Balaban J connectivity index is 2.78. The summed E-state index contributed by atoms with van der Waals surface area (Å²) in [4.78, 5) is 22.7. The molecule has 0 aliphatic heterocycles. The van der Waals surface area contributed by atoms with Gasteiger partial charge in [0.2, 0.25) is 5.91 Å². The van der Waals surface area contributed by atoms with Crippen molar-refractivity contribution >= 4 is 17.6 Å². The van der Waals surface area contributed by atoms with Crippen molar-refractivity contribution in [2.24, 2.45) is 0 Å². The topological polar surface area (TPSA) is 82.4 Å². The van der Waals surface area contributed by atoms with Crippen LogP contribution in [0, 0.1) is 11.3 Å². The Bertz CT molecular complexity index is 511. The van der Waals surface area contributed by atoms with Gasteiger partial charge in [0.05, 0.1) is 17.8 Å². The van der Waals surface area contributed by atoms with E-state index in [0.29, 0.717) is 18.5 Å².